The van der Waals surface area contributed by atoms with Gasteiger partial charge in [0.15, 0.2) is 0 Å². The minimum Gasteiger partial charge on any atom is -0.405 e. The predicted molar refractivity (Wildman–Crippen MR) is 85.0 cm³/mol. The van der Waals surface area contributed by atoms with Crippen LogP contribution in [0.1, 0.15) is 37.6 Å². The van der Waals surface area contributed by atoms with Crippen molar-refractivity contribution in [3.05, 3.63) is 41.1 Å². The maximum atomic E-state index is 14.2. The van der Waals surface area contributed by atoms with E-state index in [2.05, 4.69) is 9.97 Å². The first-order valence-corrected chi connectivity index (χ1v) is 7.97. The predicted octanol–water partition coefficient (Wildman–Crippen LogP) is 4.23. The molecule has 1 aliphatic carbocycles. The number of nitrogens with zero attached hydrogens (tertiary/aromatic N) is 1. The van der Waals surface area contributed by atoms with Crippen LogP contribution in [0.5, 0.6) is 0 Å². The first-order valence-electron chi connectivity index (χ1n) is 7.97. The Morgan fingerprint density at radius 2 is 2.12 bits per heavy atom. The third kappa shape index (κ3) is 2.68. The highest BCUT2D eigenvalue weighted by atomic mass is 19.4. The van der Waals surface area contributed by atoms with Gasteiger partial charge in [-0.25, -0.2) is 9.37 Å². The zero-order valence-corrected chi connectivity index (χ0v) is 13.9. The number of hydrogen-bond acceptors (Lipinski definition) is 3. The number of imidazole rings is 1. The van der Waals surface area contributed by atoms with Crippen molar-refractivity contribution in [2.75, 3.05) is 7.11 Å². The van der Waals surface area contributed by atoms with Crippen LogP contribution in [0.4, 0.5) is 17.6 Å². The van der Waals surface area contributed by atoms with Crippen LogP contribution < -0.4 is 5.73 Å². The second-order valence-corrected chi connectivity index (χ2v) is 6.36. The van der Waals surface area contributed by atoms with E-state index in [4.69, 9.17) is 10.5 Å². The molecule has 0 spiro atoms. The molecule has 1 fully saturated rings. The first-order chi connectivity index (χ1) is 11.7. The van der Waals surface area contributed by atoms with Crippen LogP contribution >= 0.6 is 0 Å². The third-order valence-electron chi connectivity index (χ3n) is 5.00. The van der Waals surface area contributed by atoms with Crippen molar-refractivity contribution in [2.45, 2.75) is 38.0 Å². The summed E-state index contributed by atoms with van der Waals surface area (Å²) in [5.74, 6) is -1.93. The second-order valence-electron chi connectivity index (χ2n) is 6.36. The molecule has 0 saturated heterocycles. The quantitative estimate of drug-likeness (QED) is 0.791. The molecule has 25 heavy (non-hydrogen) atoms. The Hall–Kier alpha value is -2.09. The van der Waals surface area contributed by atoms with Gasteiger partial charge in [-0.3, -0.25) is 0 Å². The monoisotopic (exact) mass is 357 g/mol. The zero-order valence-electron chi connectivity index (χ0n) is 13.9. The lowest BCUT2D eigenvalue weighted by Crippen LogP contribution is -2.41. The Labute approximate surface area is 142 Å². The maximum absolute atomic E-state index is 14.2. The molecule has 8 heteroatoms. The van der Waals surface area contributed by atoms with E-state index >= 15 is 0 Å². The van der Waals surface area contributed by atoms with E-state index in [1.54, 1.807) is 0 Å². The number of benzene rings is 1. The summed E-state index contributed by atoms with van der Waals surface area (Å²) in [7, 11) is 1.46. The smallest absolute Gasteiger partial charge is 0.405 e. The molecule has 0 radical (unpaired) electrons. The van der Waals surface area contributed by atoms with E-state index in [0.717, 1.165) is 24.5 Å². The molecule has 1 aromatic carbocycles. The van der Waals surface area contributed by atoms with Gasteiger partial charge in [0.05, 0.1) is 11.0 Å². The van der Waals surface area contributed by atoms with Crippen LogP contribution in [-0.4, -0.2) is 17.1 Å². The van der Waals surface area contributed by atoms with E-state index in [9.17, 15) is 17.6 Å². The van der Waals surface area contributed by atoms with Crippen LogP contribution in [-0.2, 0) is 16.5 Å². The average Bonchev–Trinajstić information content (AvgIpc) is 2.98. The largest absolute Gasteiger partial charge is 0.449 e. The maximum Gasteiger partial charge on any atom is 0.449 e. The van der Waals surface area contributed by atoms with Crippen LogP contribution in [0.3, 0.4) is 0 Å². The van der Waals surface area contributed by atoms with Crippen molar-refractivity contribution >= 4 is 11.0 Å². The minimum absolute atomic E-state index is 0.0205. The Bertz CT molecular complexity index is 827. The molecule has 0 aliphatic heterocycles. The van der Waals surface area contributed by atoms with Crippen molar-refractivity contribution in [2.24, 2.45) is 11.7 Å². The number of halogens is 4. The zero-order chi connectivity index (χ0) is 18.4. The molecule has 2 unspecified atom stereocenters. The molecule has 4 nitrogen and oxygen atoms in total. The van der Waals surface area contributed by atoms with Crippen LogP contribution in [0.15, 0.2) is 23.9 Å². The topological polar surface area (TPSA) is 63.9 Å². The van der Waals surface area contributed by atoms with Crippen molar-refractivity contribution in [3.63, 3.8) is 0 Å². The number of H-pyrrole nitrogens is 1. The molecular formula is C17H19F4N3O. The number of ether oxygens (including phenoxy) is 1. The number of alkyl halides is 3. The Morgan fingerprint density at radius 1 is 1.40 bits per heavy atom. The molecule has 1 saturated carbocycles. The molecule has 2 aromatic rings. The van der Waals surface area contributed by atoms with Gasteiger partial charge in [0, 0.05) is 12.7 Å². The number of hydrogen-bond donors (Lipinski definition) is 2. The normalized spacial score (nSPS) is 26.5. The number of methoxy groups -OCH3 is 1. The molecule has 3 rings (SSSR count). The summed E-state index contributed by atoms with van der Waals surface area (Å²) in [6, 6.07) is 2.20. The van der Waals surface area contributed by atoms with Gasteiger partial charge in [-0.1, -0.05) is 6.92 Å². The summed E-state index contributed by atoms with van der Waals surface area (Å²) < 4.78 is 59.1. The Morgan fingerprint density at radius 3 is 2.72 bits per heavy atom. The SMILES string of the molecule is COC1(c2cc(F)cc3[nH]c(C(F)(F)F)nc23)/C(=C/N)CCCC1C. The minimum atomic E-state index is -4.66. The Balaban J connectivity index is 2.34. The number of rotatable bonds is 2. The van der Waals surface area contributed by atoms with Gasteiger partial charge in [0.1, 0.15) is 11.4 Å². The van der Waals surface area contributed by atoms with Gasteiger partial charge in [-0.05, 0) is 49.1 Å². The van der Waals surface area contributed by atoms with E-state index < -0.39 is 23.4 Å². The summed E-state index contributed by atoms with van der Waals surface area (Å²) in [5.41, 5.74) is 5.67. The summed E-state index contributed by atoms with van der Waals surface area (Å²) in [6.45, 7) is 1.92. The fourth-order valence-corrected chi connectivity index (χ4v) is 3.89. The first kappa shape index (κ1) is 17.7. The summed E-state index contributed by atoms with van der Waals surface area (Å²) >= 11 is 0. The Kier molecular flexibility index (Phi) is 4.26. The van der Waals surface area contributed by atoms with Gasteiger partial charge in [-0.2, -0.15) is 13.2 Å². The highest BCUT2D eigenvalue weighted by Crippen LogP contribution is 2.49. The number of nitrogens with one attached hydrogen (secondary N) is 1. The van der Waals surface area contributed by atoms with Crippen molar-refractivity contribution in [1.82, 2.24) is 9.97 Å². The summed E-state index contributed by atoms with van der Waals surface area (Å²) in [6.07, 6.45) is -0.962. The molecule has 1 aliphatic rings. The van der Waals surface area contributed by atoms with E-state index in [1.165, 1.54) is 19.4 Å². The molecule has 0 amide bonds. The van der Waals surface area contributed by atoms with Gasteiger partial charge < -0.3 is 15.5 Å². The lowest BCUT2D eigenvalue weighted by Gasteiger charge is -2.44. The molecule has 1 aromatic heterocycles. The highest BCUT2D eigenvalue weighted by Gasteiger charge is 2.46. The van der Waals surface area contributed by atoms with E-state index in [1.807, 2.05) is 6.92 Å². The number of aromatic amines is 1. The second kappa shape index (κ2) is 6.01. The average molecular weight is 357 g/mol. The van der Waals surface area contributed by atoms with Gasteiger partial charge in [0.2, 0.25) is 5.82 Å². The van der Waals surface area contributed by atoms with Crippen molar-refractivity contribution < 1.29 is 22.3 Å². The molecule has 0 bridgehead atoms. The lowest BCUT2D eigenvalue weighted by atomic mass is 9.69. The summed E-state index contributed by atoms with van der Waals surface area (Å²) in [5, 5.41) is 0. The highest BCUT2D eigenvalue weighted by molar-refractivity contribution is 5.81. The molecule has 1 heterocycles. The number of nitrogens with two attached hydrogens (primary N) is 1. The molecular weight excluding hydrogens is 338 g/mol. The van der Waals surface area contributed by atoms with Crippen LogP contribution in [0.2, 0.25) is 0 Å². The standard InChI is InChI=1S/C17H19F4N3O/c1-9-4-3-5-10(8-22)16(9,25-2)12-6-11(18)7-13-14(12)24-15(23-13)17(19,20)21/h6-9H,3-5,22H2,1-2H3,(H,23,24)/b10-8+. The lowest BCUT2D eigenvalue weighted by molar-refractivity contribution is -0.144. The third-order valence-corrected chi connectivity index (χ3v) is 5.00. The van der Waals surface area contributed by atoms with Gasteiger partial charge >= 0.3 is 6.18 Å². The van der Waals surface area contributed by atoms with Crippen molar-refractivity contribution in [1.29, 1.82) is 0 Å². The number of aromatic nitrogens is 2. The molecule has 2 atom stereocenters. The fourth-order valence-electron chi connectivity index (χ4n) is 3.89. The summed E-state index contributed by atoms with van der Waals surface area (Å²) in [4.78, 5) is 5.86. The molecule has 3 N–H and O–H groups in total. The van der Waals surface area contributed by atoms with Gasteiger partial charge in [-0.15, -0.1) is 0 Å². The fraction of sp³-hybridized carbons (Fsp3) is 0.471. The number of fused-ring (bicyclic) bond motifs is 1. The van der Waals surface area contributed by atoms with Crippen molar-refractivity contribution in [3.8, 4) is 0 Å². The van der Waals surface area contributed by atoms with Crippen LogP contribution in [0, 0.1) is 11.7 Å². The molecule has 136 valence electrons. The van der Waals surface area contributed by atoms with E-state index in [0.29, 0.717) is 6.42 Å². The van der Waals surface area contributed by atoms with E-state index in [-0.39, 0.29) is 22.5 Å². The van der Waals surface area contributed by atoms with Gasteiger partial charge in [0.25, 0.3) is 0 Å². The van der Waals surface area contributed by atoms with Crippen LogP contribution in [0.25, 0.3) is 11.0 Å².